The van der Waals surface area contributed by atoms with E-state index in [9.17, 15) is 14.4 Å². The lowest BCUT2D eigenvalue weighted by atomic mass is 9.67. The molecule has 1 saturated heterocycles. The SMILES string of the molecule is CC(=O)N[C@](CCCCB1OC(C)(C)C(C)(C)O1)(C(=O)NC(C)(C)C)C1CCC(c2cc(Cl)ccc2COC(N)=O)CC1. The summed E-state index contributed by atoms with van der Waals surface area (Å²) in [4.78, 5) is 38.0. The first kappa shape index (κ1) is 35.2. The summed E-state index contributed by atoms with van der Waals surface area (Å²) in [6, 6.07) is 5.57. The molecule has 0 spiro atoms. The summed E-state index contributed by atoms with van der Waals surface area (Å²) < 4.78 is 17.4. The highest BCUT2D eigenvalue weighted by molar-refractivity contribution is 6.45. The highest BCUT2D eigenvalue weighted by Crippen LogP contribution is 2.44. The lowest BCUT2D eigenvalue weighted by Gasteiger charge is -2.45. The lowest BCUT2D eigenvalue weighted by molar-refractivity contribution is -0.138. The van der Waals surface area contributed by atoms with E-state index < -0.39 is 28.4 Å². The van der Waals surface area contributed by atoms with Crippen molar-refractivity contribution < 1.29 is 28.4 Å². The molecule has 3 rings (SSSR count). The molecule has 2 aliphatic rings. The Kier molecular flexibility index (Phi) is 11.3. The zero-order chi connectivity index (χ0) is 32.2. The van der Waals surface area contributed by atoms with Crippen LogP contribution in [0.1, 0.15) is 117 Å². The molecule has 43 heavy (non-hydrogen) atoms. The number of nitrogens with one attached hydrogen (secondary N) is 2. The summed E-state index contributed by atoms with van der Waals surface area (Å²) in [5, 5.41) is 6.92. The monoisotopic (exact) mass is 619 g/mol. The zero-order valence-electron chi connectivity index (χ0n) is 27.2. The van der Waals surface area contributed by atoms with Crippen LogP contribution in [0.3, 0.4) is 0 Å². The molecule has 11 heteroatoms. The number of rotatable bonds is 11. The summed E-state index contributed by atoms with van der Waals surface area (Å²) in [6.45, 7) is 15.6. The summed E-state index contributed by atoms with van der Waals surface area (Å²) in [5.74, 6) is -0.257. The van der Waals surface area contributed by atoms with Gasteiger partial charge in [-0.25, -0.2) is 4.79 Å². The van der Waals surface area contributed by atoms with Crippen molar-refractivity contribution in [2.24, 2.45) is 11.7 Å². The van der Waals surface area contributed by atoms with Crippen molar-refractivity contribution in [3.8, 4) is 0 Å². The third-order valence-electron chi connectivity index (χ3n) is 9.20. The van der Waals surface area contributed by atoms with E-state index in [1.165, 1.54) is 6.92 Å². The maximum atomic E-state index is 14.1. The Morgan fingerprint density at radius 1 is 1.02 bits per heavy atom. The molecule has 4 N–H and O–H groups in total. The predicted molar refractivity (Wildman–Crippen MR) is 170 cm³/mol. The minimum Gasteiger partial charge on any atom is -0.445 e. The van der Waals surface area contributed by atoms with Crippen LogP contribution in [-0.4, -0.2) is 47.3 Å². The van der Waals surface area contributed by atoms with Gasteiger partial charge in [-0.3, -0.25) is 9.59 Å². The van der Waals surface area contributed by atoms with Crippen molar-refractivity contribution in [2.45, 2.75) is 141 Å². The normalized spacial score (nSPS) is 22.9. The van der Waals surface area contributed by atoms with E-state index in [1.54, 1.807) is 6.07 Å². The van der Waals surface area contributed by atoms with Gasteiger partial charge >= 0.3 is 13.2 Å². The van der Waals surface area contributed by atoms with Crippen LogP contribution in [-0.2, 0) is 30.2 Å². The van der Waals surface area contributed by atoms with Crippen molar-refractivity contribution in [3.05, 3.63) is 34.3 Å². The molecule has 9 nitrogen and oxygen atoms in total. The molecule has 2 fully saturated rings. The van der Waals surface area contributed by atoms with Gasteiger partial charge in [-0.15, -0.1) is 0 Å². The van der Waals surface area contributed by atoms with Crippen LogP contribution in [0, 0.1) is 5.92 Å². The largest absolute Gasteiger partial charge is 0.457 e. The molecule has 1 aliphatic carbocycles. The summed E-state index contributed by atoms with van der Waals surface area (Å²) in [5.41, 5.74) is 4.81. The number of halogens is 1. The molecular formula is C32H51BClN3O6. The van der Waals surface area contributed by atoms with Gasteiger partial charge in [0.05, 0.1) is 11.2 Å². The molecule has 1 aromatic rings. The van der Waals surface area contributed by atoms with Gasteiger partial charge in [0.1, 0.15) is 12.1 Å². The van der Waals surface area contributed by atoms with Crippen LogP contribution < -0.4 is 16.4 Å². The Morgan fingerprint density at radius 2 is 1.63 bits per heavy atom. The molecule has 1 heterocycles. The van der Waals surface area contributed by atoms with E-state index in [4.69, 9.17) is 31.4 Å². The summed E-state index contributed by atoms with van der Waals surface area (Å²) in [6.07, 6.45) is 4.99. The fraction of sp³-hybridized carbons (Fsp3) is 0.719. The van der Waals surface area contributed by atoms with Crippen molar-refractivity contribution >= 4 is 36.6 Å². The average molecular weight is 620 g/mol. The fourth-order valence-electron chi connectivity index (χ4n) is 6.41. The molecule has 0 unspecified atom stereocenters. The Bertz CT molecular complexity index is 1150. The van der Waals surface area contributed by atoms with Crippen LogP contribution in [0.5, 0.6) is 0 Å². The van der Waals surface area contributed by atoms with E-state index in [2.05, 4.69) is 10.6 Å². The zero-order valence-corrected chi connectivity index (χ0v) is 28.0. The Morgan fingerprint density at radius 3 is 2.16 bits per heavy atom. The van der Waals surface area contributed by atoms with E-state index in [0.29, 0.717) is 17.8 Å². The summed E-state index contributed by atoms with van der Waals surface area (Å²) in [7, 11) is -0.301. The number of nitrogens with two attached hydrogens (primary N) is 1. The molecule has 1 saturated carbocycles. The van der Waals surface area contributed by atoms with Crippen LogP contribution >= 0.6 is 11.6 Å². The highest BCUT2D eigenvalue weighted by Gasteiger charge is 2.51. The van der Waals surface area contributed by atoms with Crippen molar-refractivity contribution in [1.82, 2.24) is 10.6 Å². The number of carbonyl (C=O) groups excluding carboxylic acids is 3. The highest BCUT2D eigenvalue weighted by atomic mass is 35.5. The van der Waals surface area contributed by atoms with E-state index in [-0.39, 0.29) is 37.4 Å². The molecule has 1 aromatic carbocycles. The molecule has 0 radical (unpaired) electrons. The Balaban J connectivity index is 1.79. The molecule has 0 aromatic heterocycles. The van der Waals surface area contributed by atoms with Gasteiger partial charge in [0, 0.05) is 17.5 Å². The number of benzene rings is 1. The van der Waals surface area contributed by atoms with Gasteiger partial charge in [-0.05, 0) is 122 Å². The second-order valence-corrected chi connectivity index (χ2v) is 14.7. The first-order chi connectivity index (χ1) is 19.8. The number of primary amides is 1. The maximum absolute atomic E-state index is 14.1. The number of amides is 3. The first-order valence-corrected chi connectivity index (χ1v) is 15.9. The van der Waals surface area contributed by atoms with Crippen LogP contribution in [0.25, 0.3) is 0 Å². The van der Waals surface area contributed by atoms with Crippen LogP contribution in [0.4, 0.5) is 4.79 Å². The van der Waals surface area contributed by atoms with Gasteiger partial charge in [-0.1, -0.05) is 30.5 Å². The number of hydrogen-bond acceptors (Lipinski definition) is 6. The van der Waals surface area contributed by atoms with E-state index in [0.717, 1.165) is 49.7 Å². The van der Waals surface area contributed by atoms with Gasteiger partial charge in [0.2, 0.25) is 11.8 Å². The van der Waals surface area contributed by atoms with Crippen molar-refractivity contribution in [3.63, 3.8) is 0 Å². The second-order valence-electron chi connectivity index (χ2n) is 14.3. The van der Waals surface area contributed by atoms with Crippen molar-refractivity contribution in [1.29, 1.82) is 0 Å². The third kappa shape index (κ3) is 9.11. The predicted octanol–water partition coefficient (Wildman–Crippen LogP) is 6.26. The lowest BCUT2D eigenvalue weighted by Crippen LogP contribution is -2.65. The van der Waals surface area contributed by atoms with Crippen LogP contribution in [0.15, 0.2) is 18.2 Å². The minimum atomic E-state index is -1.05. The molecule has 1 atom stereocenters. The van der Waals surface area contributed by atoms with Crippen molar-refractivity contribution in [2.75, 3.05) is 0 Å². The smallest absolute Gasteiger partial charge is 0.445 e. The molecule has 240 valence electrons. The van der Waals surface area contributed by atoms with Gasteiger partial charge in [-0.2, -0.15) is 0 Å². The first-order valence-electron chi connectivity index (χ1n) is 15.5. The van der Waals surface area contributed by atoms with Crippen LogP contribution in [0.2, 0.25) is 11.3 Å². The van der Waals surface area contributed by atoms with Gasteiger partial charge in [0.15, 0.2) is 0 Å². The standard InChI is InChI=1S/C32H51BClN3O6/c1-21(38)36-32(27(39)37-29(2,3)4,17-9-10-18-33-42-30(5,6)31(7,8)43-33)24-14-11-22(12-15-24)26-19-25(34)16-13-23(26)20-41-28(35)40/h13,16,19,22,24H,9-12,14-15,17-18,20H2,1-8H3,(H2,35,40)(H,36,38)(H,37,39)/t22?,24?,32-/m0/s1. The quantitative estimate of drug-likeness (QED) is 0.198. The Hall–Kier alpha value is -2.30. The topological polar surface area (TPSA) is 129 Å². The number of hydrogen-bond donors (Lipinski definition) is 3. The fourth-order valence-corrected chi connectivity index (χ4v) is 6.59. The van der Waals surface area contributed by atoms with E-state index >= 15 is 0 Å². The molecule has 0 bridgehead atoms. The van der Waals surface area contributed by atoms with E-state index in [1.807, 2.05) is 60.6 Å². The molecule has 3 amide bonds. The summed E-state index contributed by atoms with van der Waals surface area (Å²) >= 11 is 6.36. The second kappa shape index (κ2) is 13.8. The number of carbonyl (C=O) groups is 3. The Labute approximate surface area is 262 Å². The number of ether oxygens (including phenoxy) is 1. The van der Waals surface area contributed by atoms with Gasteiger partial charge < -0.3 is 30.4 Å². The maximum Gasteiger partial charge on any atom is 0.457 e. The minimum absolute atomic E-state index is 0.0589. The molecular weight excluding hydrogens is 569 g/mol. The molecule has 1 aliphatic heterocycles. The third-order valence-corrected chi connectivity index (χ3v) is 9.43. The van der Waals surface area contributed by atoms with Gasteiger partial charge in [0.25, 0.3) is 0 Å². The number of unbranched alkanes of at least 4 members (excludes halogenated alkanes) is 1. The average Bonchev–Trinajstić information content (AvgIpc) is 3.09.